The first-order valence-electron chi connectivity index (χ1n) is 6.30. The van der Waals surface area contributed by atoms with Gasteiger partial charge in [-0.1, -0.05) is 18.2 Å². The van der Waals surface area contributed by atoms with E-state index < -0.39 is 5.97 Å². The smallest absolute Gasteiger partial charge is 0.338 e. The first kappa shape index (κ1) is 15.3. The van der Waals surface area contributed by atoms with Gasteiger partial charge in [-0.3, -0.25) is 4.79 Å². The highest BCUT2D eigenvalue weighted by Crippen LogP contribution is 2.23. The van der Waals surface area contributed by atoms with Gasteiger partial charge in [0.2, 0.25) is 0 Å². The summed E-state index contributed by atoms with van der Waals surface area (Å²) in [6.07, 6.45) is 0. The molecule has 0 saturated carbocycles. The molecular formula is C16H14BrNO3. The third-order valence-electron chi connectivity index (χ3n) is 3.10. The van der Waals surface area contributed by atoms with Crippen molar-refractivity contribution >= 4 is 33.5 Å². The molecule has 2 aromatic rings. The molecule has 0 heterocycles. The van der Waals surface area contributed by atoms with Gasteiger partial charge in [-0.05, 0) is 59.1 Å². The summed E-state index contributed by atoms with van der Waals surface area (Å²) in [6, 6.07) is 10.3. The third kappa shape index (κ3) is 3.31. The molecule has 0 atom stereocenters. The highest BCUT2D eigenvalue weighted by Gasteiger charge is 2.17. The lowest BCUT2D eigenvalue weighted by atomic mass is 10.1. The van der Waals surface area contributed by atoms with Gasteiger partial charge in [0.05, 0.1) is 16.8 Å². The first-order chi connectivity index (χ1) is 9.90. The van der Waals surface area contributed by atoms with Gasteiger partial charge >= 0.3 is 5.97 Å². The van der Waals surface area contributed by atoms with Crippen molar-refractivity contribution < 1.29 is 14.7 Å². The summed E-state index contributed by atoms with van der Waals surface area (Å²) < 4.78 is 0.671. The Kier molecular flexibility index (Phi) is 4.43. The topological polar surface area (TPSA) is 66.4 Å². The van der Waals surface area contributed by atoms with Gasteiger partial charge in [0.1, 0.15) is 0 Å². The van der Waals surface area contributed by atoms with Crippen molar-refractivity contribution in [2.75, 3.05) is 5.32 Å². The maximum absolute atomic E-state index is 12.3. The Hall–Kier alpha value is -2.14. The van der Waals surface area contributed by atoms with Crippen molar-refractivity contribution in [1.82, 2.24) is 0 Å². The van der Waals surface area contributed by atoms with Crippen molar-refractivity contribution in [3.8, 4) is 0 Å². The van der Waals surface area contributed by atoms with Crippen molar-refractivity contribution in [2.45, 2.75) is 13.8 Å². The number of aryl methyl sites for hydroxylation is 2. The second-order valence-electron chi connectivity index (χ2n) is 4.74. The van der Waals surface area contributed by atoms with Crippen LogP contribution in [0, 0.1) is 13.8 Å². The Balaban J connectivity index is 2.36. The molecule has 2 N–H and O–H groups in total. The van der Waals surface area contributed by atoms with E-state index in [4.69, 9.17) is 0 Å². The Morgan fingerprint density at radius 2 is 1.86 bits per heavy atom. The van der Waals surface area contributed by atoms with Crippen molar-refractivity contribution in [3.05, 3.63) is 63.1 Å². The lowest BCUT2D eigenvalue weighted by molar-refractivity contribution is 0.0697. The van der Waals surface area contributed by atoms with E-state index in [-0.39, 0.29) is 11.5 Å². The lowest BCUT2D eigenvalue weighted by Crippen LogP contribution is -2.16. The summed E-state index contributed by atoms with van der Waals surface area (Å²) in [5.74, 6) is -1.42. The molecule has 108 valence electrons. The molecule has 0 radical (unpaired) electrons. The highest BCUT2D eigenvalue weighted by molar-refractivity contribution is 9.10. The molecule has 0 aliphatic rings. The van der Waals surface area contributed by atoms with Crippen LogP contribution in [0.15, 0.2) is 40.9 Å². The lowest BCUT2D eigenvalue weighted by Gasteiger charge is -2.11. The number of carbonyl (C=O) groups excluding carboxylic acids is 1. The van der Waals surface area contributed by atoms with Gasteiger partial charge in [-0.15, -0.1) is 0 Å². The van der Waals surface area contributed by atoms with Crippen LogP contribution >= 0.6 is 15.9 Å². The van der Waals surface area contributed by atoms with Crippen LogP contribution in [-0.4, -0.2) is 17.0 Å². The van der Waals surface area contributed by atoms with Crippen LogP contribution in [0.1, 0.15) is 31.8 Å². The summed E-state index contributed by atoms with van der Waals surface area (Å²) in [6.45, 7) is 3.62. The molecule has 1 amide bonds. The molecule has 2 rings (SSSR count). The fraction of sp³-hybridized carbons (Fsp3) is 0.125. The van der Waals surface area contributed by atoms with E-state index in [1.54, 1.807) is 31.2 Å². The Bertz CT molecular complexity index is 725. The fourth-order valence-corrected chi connectivity index (χ4v) is 2.72. The van der Waals surface area contributed by atoms with Crippen molar-refractivity contribution in [2.24, 2.45) is 0 Å². The number of hydrogen-bond acceptors (Lipinski definition) is 2. The molecule has 5 heteroatoms. The van der Waals surface area contributed by atoms with E-state index in [0.29, 0.717) is 21.3 Å². The summed E-state index contributed by atoms with van der Waals surface area (Å²) in [7, 11) is 0. The maximum Gasteiger partial charge on any atom is 0.338 e. The van der Waals surface area contributed by atoms with Gasteiger partial charge in [-0.25, -0.2) is 4.79 Å². The first-order valence-corrected chi connectivity index (χ1v) is 7.10. The number of nitrogens with one attached hydrogen (secondary N) is 1. The van der Waals surface area contributed by atoms with Crippen LogP contribution in [0.25, 0.3) is 0 Å². The molecule has 0 fully saturated rings. The second-order valence-corrected chi connectivity index (χ2v) is 5.59. The van der Waals surface area contributed by atoms with Gasteiger partial charge in [0.15, 0.2) is 0 Å². The zero-order valence-corrected chi connectivity index (χ0v) is 13.2. The van der Waals surface area contributed by atoms with E-state index in [0.717, 1.165) is 5.56 Å². The molecule has 4 nitrogen and oxygen atoms in total. The number of carboxylic acids is 1. The zero-order chi connectivity index (χ0) is 15.6. The van der Waals surface area contributed by atoms with E-state index in [2.05, 4.69) is 21.2 Å². The van der Waals surface area contributed by atoms with Gasteiger partial charge in [0.25, 0.3) is 5.91 Å². The van der Waals surface area contributed by atoms with Crippen LogP contribution in [0.2, 0.25) is 0 Å². The number of carboxylic acid groups (broad SMARTS) is 1. The normalized spacial score (nSPS) is 10.2. The standard InChI is InChI=1S/C16H14BrNO3/c1-9-6-7-11(12(17)8-9)15(19)18-13-5-3-4-10(2)14(13)16(20)21/h3-8H,1-2H3,(H,18,19)(H,20,21). The highest BCUT2D eigenvalue weighted by atomic mass is 79.9. The molecular weight excluding hydrogens is 334 g/mol. The Morgan fingerprint density at radius 3 is 2.48 bits per heavy atom. The minimum absolute atomic E-state index is 0.106. The minimum Gasteiger partial charge on any atom is -0.478 e. The minimum atomic E-state index is -1.06. The average Bonchev–Trinajstić information content (AvgIpc) is 2.37. The Labute approximate surface area is 130 Å². The summed E-state index contributed by atoms with van der Waals surface area (Å²) in [5, 5.41) is 11.9. The second kappa shape index (κ2) is 6.10. The predicted molar refractivity (Wildman–Crippen MR) is 85.0 cm³/mol. The number of hydrogen-bond donors (Lipinski definition) is 2. The van der Waals surface area contributed by atoms with Crippen LogP contribution in [0.5, 0.6) is 0 Å². The molecule has 0 spiro atoms. The third-order valence-corrected chi connectivity index (χ3v) is 3.76. The molecule has 0 aliphatic heterocycles. The summed E-state index contributed by atoms with van der Waals surface area (Å²) >= 11 is 3.35. The van der Waals surface area contributed by atoms with Crippen molar-refractivity contribution in [1.29, 1.82) is 0 Å². The van der Waals surface area contributed by atoms with E-state index >= 15 is 0 Å². The summed E-state index contributed by atoms with van der Waals surface area (Å²) in [5.41, 5.74) is 2.48. The van der Waals surface area contributed by atoms with Crippen LogP contribution in [0.3, 0.4) is 0 Å². The maximum atomic E-state index is 12.3. The van der Waals surface area contributed by atoms with Crippen LogP contribution in [-0.2, 0) is 0 Å². The number of amides is 1. The zero-order valence-electron chi connectivity index (χ0n) is 11.6. The SMILES string of the molecule is Cc1ccc(C(=O)Nc2cccc(C)c2C(=O)O)c(Br)c1. The number of rotatable bonds is 3. The number of anilines is 1. The fourth-order valence-electron chi connectivity index (χ4n) is 2.05. The van der Waals surface area contributed by atoms with Gasteiger partial charge < -0.3 is 10.4 Å². The van der Waals surface area contributed by atoms with E-state index in [1.807, 2.05) is 19.1 Å². The predicted octanol–water partition coefficient (Wildman–Crippen LogP) is 4.02. The molecule has 0 saturated heterocycles. The van der Waals surface area contributed by atoms with E-state index in [9.17, 15) is 14.7 Å². The quantitative estimate of drug-likeness (QED) is 0.881. The monoisotopic (exact) mass is 347 g/mol. The molecule has 21 heavy (non-hydrogen) atoms. The van der Waals surface area contributed by atoms with Gasteiger partial charge in [-0.2, -0.15) is 0 Å². The largest absolute Gasteiger partial charge is 0.478 e. The molecule has 0 aliphatic carbocycles. The number of carbonyl (C=O) groups is 2. The van der Waals surface area contributed by atoms with Crippen molar-refractivity contribution in [3.63, 3.8) is 0 Å². The number of benzene rings is 2. The van der Waals surface area contributed by atoms with E-state index in [1.165, 1.54) is 0 Å². The number of aromatic carboxylic acids is 1. The summed E-state index contributed by atoms with van der Waals surface area (Å²) in [4.78, 5) is 23.6. The average molecular weight is 348 g/mol. The molecule has 0 unspecified atom stereocenters. The van der Waals surface area contributed by atoms with Gasteiger partial charge in [0, 0.05) is 4.47 Å². The van der Waals surface area contributed by atoms with Crippen LogP contribution < -0.4 is 5.32 Å². The Morgan fingerprint density at radius 1 is 1.14 bits per heavy atom. The molecule has 0 bridgehead atoms. The van der Waals surface area contributed by atoms with Crippen LogP contribution in [0.4, 0.5) is 5.69 Å². The molecule has 0 aromatic heterocycles. The molecule has 2 aromatic carbocycles. The number of halogens is 1.